The van der Waals surface area contributed by atoms with Crippen LogP contribution in [-0.2, 0) is 6.54 Å². The van der Waals surface area contributed by atoms with Crippen molar-refractivity contribution in [3.05, 3.63) is 52.6 Å². The van der Waals surface area contributed by atoms with E-state index in [9.17, 15) is 4.79 Å². The maximum atomic E-state index is 11.6. The Kier molecular flexibility index (Phi) is 2.86. The van der Waals surface area contributed by atoms with E-state index in [-0.39, 0.29) is 5.56 Å². The zero-order valence-corrected chi connectivity index (χ0v) is 9.47. The van der Waals surface area contributed by atoms with Gasteiger partial charge in [-0.25, -0.2) is 4.98 Å². The van der Waals surface area contributed by atoms with Gasteiger partial charge in [-0.05, 0) is 13.8 Å². The molecule has 0 N–H and O–H groups in total. The van der Waals surface area contributed by atoms with Crippen molar-refractivity contribution in [1.82, 2.24) is 9.55 Å². The number of nitrogens with zero attached hydrogens (tertiary/aromatic N) is 2. The highest BCUT2D eigenvalue weighted by Crippen LogP contribution is 2.15. The summed E-state index contributed by atoms with van der Waals surface area (Å²) < 4.78 is 1.58. The third-order valence-corrected chi connectivity index (χ3v) is 2.57. The van der Waals surface area contributed by atoms with Gasteiger partial charge in [0.15, 0.2) is 0 Å². The van der Waals surface area contributed by atoms with Crippen LogP contribution in [-0.4, -0.2) is 9.55 Å². The lowest BCUT2D eigenvalue weighted by molar-refractivity contribution is 0.708. The molecule has 0 bridgehead atoms. The largest absolute Gasteiger partial charge is 0.300 e. The van der Waals surface area contributed by atoms with Crippen molar-refractivity contribution < 1.29 is 0 Å². The van der Waals surface area contributed by atoms with Crippen LogP contribution in [0.25, 0.3) is 11.3 Å². The van der Waals surface area contributed by atoms with Crippen LogP contribution in [0.15, 0.2) is 41.5 Å². The third-order valence-electron chi connectivity index (χ3n) is 2.57. The van der Waals surface area contributed by atoms with E-state index < -0.39 is 0 Å². The lowest BCUT2D eigenvalue weighted by atomic mass is 10.1. The number of aromatic nitrogens is 2. The summed E-state index contributed by atoms with van der Waals surface area (Å²) in [5.41, 5.74) is 2.90. The molecule has 0 radical (unpaired) electrons. The summed E-state index contributed by atoms with van der Waals surface area (Å²) in [5.74, 6) is 0. The quantitative estimate of drug-likeness (QED) is 0.768. The molecule has 3 nitrogen and oxygen atoms in total. The molecule has 16 heavy (non-hydrogen) atoms. The van der Waals surface area contributed by atoms with E-state index in [1.165, 1.54) is 5.56 Å². The molecule has 0 amide bonds. The molecule has 3 heteroatoms. The highest BCUT2D eigenvalue weighted by molar-refractivity contribution is 5.58. The molecule has 2 aromatic rings. The molecule has 0 saturated heterocycles. The molecule has 0 aliphatic carbocycles. The van der Waals surface area contributed by atoms with Gasteiger partial charge in [-0.3, -0.25) is 9.36 Å². The molecule has 0 aliphatic heterocycles. The van der Waals surface area contributed by atoms with Crippen LogP contribution >= 0.6 is 0 Å². The van der Waals surface area contributed by atoms with Crippen molar-refractivity contribution in [3.8, 4) is 11.3 Å². The fourth-order valence-corrected chi connectivity index (χ4v) is 1.55. The standard InChI is InChI=1S/C13H14N2O/c1-3-15-9-14-12(8-13(15)16)11-6-4-10(2)5-7-11/h4-9H,3H2,1-2H3. The Morgan fingerprint density at radius 1 is 1.25 bits per heavy atom. The second-order valence-electron chi connectivity index (χ2n) is 3.76. The van der Waals surface area contributed by atoms with Gasteiger partial charge in [0.1, 0.15) is 0 Å². The minimum atomic E-state index is -0.00641. The minimum Gasteiger partial charge on any atom is -0.300 e. The van der Waals surface area contributed by atoms with E-state index in [4.69, 9.17) is 0 Å². The first-order chi connectivity index (χ1) is 7.70. The molecular weight excluding hydrogens is 200 g/mol. The van der Waals surface area contributed by atoms with E-state index in [1.807, 2.05) is 38.1 Å². The van der Waals surface area contributed by atoms with Crippen molar-refractivity contribution in [1.29, 1.82) is 0 Å². The summed E-state index contributed by atoms with van der Waals surface area (Å²) in [7, 11) is 0. The summed E-state index contributed by atoms with van der Waals surface area (Å²) >= 11 is 0. The third kappa shape index (κ3) is 2.03. The molecule has 1 aromatic carbocycles. The van der Waals surface area contributed by atoms with Crippen molar-refractivity contribution in [2.24, 2.45) is 0 Å². The van der Waals surface area contributed by atoms with Gasteiger partial charge in [-0.1, -0.05) is 29.8 Å². The summed E-state index contributed by atoms with van der Waals surface area (Å²) in [6.07, 6.45) is 1.59. The van der Waals surface area contributed by atoms with Crippen molar-refractivity contribution >= 4 is 0 Å². The SMILES string of the molecule is CCn1cnc(-c2ccc(C)cc2)cc1=O. The fourth-order valence-electron chi connectivity index (χ4n) is 1.55. The molecule has 0 unspecified atom stereocenters. The molecule has 2 rings (SSSR count). The van der Waals surface area contributed by atoms with Gasteiger partial charge >= 0.3 is 0 Å². The lowest BCUT2D eigenvalue weighted by Gasteiger charge is -2.03. The van der Waals surface area contributed by atoms with Crippen molar-refractivity contribution in [2.75, 3.05) is 0 Å². The van der Waals surface area contributed by atoms with Gasteiger partial charge in [0.25, 0.3) is 5.56 Å². The van der Waals surface area contributed by atoms with E-state index in [0.717, 1.165) is 11.3 Å². The number of hydrogen-bond donors (Lipinski definition) is 0. The Morgan fingerprint density at radius 2 is 1.94 bits per heavy atom. The normalized spacial score (nSPS) is 10.4. The van der Waals surface area contributed by atoms with Crippen LogP contribution in [0.2, 0.25) is 0 Å². The Bertz CT molecular complexity index is 541. The average molecular weight is 214 g/mol. The zero-order valence-electron chi connectivity index (χ0n) is 9.47. The minimum absolute atomic E-state index is 0.00641. The first-order valence-corrected chi connectivity index (χ1v) is 5.34. The van der Waals surface area contributed by atoms with E-state index >= 15 is 0 Å². The summed E-state index contributed by atoms with van der Waals surface area (Å²) in [4.78, 5) is 15.9. The number of rotatable bonds is 2. The van der Waals surface area contributed by atoms with Crippen molar-refractivity contribution in [3.63, 3.8) is 0 Å². The van der Waals surface area contributed by atoms with Crippen LogP contribution in [0.5, 0.6) is 0 Å². The monoisotopic (exact) mass is 214 g/mol. The Morgan fingerprint density at radius 3 is 2.50 bits per heavy atom. The van der Waals surface area contributed by atoms with Crippen LogP contribution < -0.4 is 5.56 Å². The van der Waals surface area contributed by atoms with Crippen LogP contribution in [0.4, 0.5) is 0 Å². The van der Waals surface area contributed by atoms with Crippen LogP contribution in [0, 0.1) is 6.92 Å². The average Bonchev–Trinajstić information content (AvgIpc) is 2.30. The van der Waals surface area contributed by atoms with Gasteiger partial charge in [0.05, 0.1) is 12.0 Å². The van der Waals surface area contributed by atoms with E-state index in [1.54, 1.807) is 17.0 Å². The molecule has 1 heterocycles. The smallest absolute Gasteiger partial charge is 0.253 e. The predicted molar refractivity (Wildman–Crippen MR) is 64.3 cm³/mol. The van der Waals surface area contributed by atoms with Gasteiger partial charge in [0.2, 0.25) is 0 Å². The molecule has 82 valence electrons. The summed E-state index contributed by atoms with van der Waals surface area (Å²) in [6, 6.07) is 9.57. The van der Waals surface area contributed by atoms with E-state index in [2.05, 4.69) is 4.98 Å². The molecular formula is C13H14N2O. The van der Waals surface area contributed by atoms with Gasteiger partial charge in [0, 0.05) is 18.2 Å². The first-order valence-electron chi connectivity index (χ1n) is 5.34. The Balaban J connectivity index is 2.45. The molecule has 0 saturated carbocycles. The molecule has 0 atom stereocenters. The number of aryl methyl sites for hydroxylation is 2. The van der Waals surface area contributed by atoms with Gasteiger partial charge in [-0.15, -0.1) is 0 Å². The highest BCUT2D eigenvalue weighted by atomic mass is 16.1. The van der Waals surface area contributed by atoms with E-state index in [0.29, 0.717) is 6.54 Å². The topological polar surface area (TPSA) is 34.9 Å². The summed E-state index contributed by atoms with van der Waals surface area (Å²) in [6.45, 7) is 4.61. The lowest BCUT2D eigenvalue weighted by Crippen LogP contribution is -2.18. The molecule has 0 aliphatic rings. The van der Waals surface area contributed by atoms with Crippen molar-refractivity contribution in [2.45, 2.75) is 20.4 Å². The second kappa shape index (κ2) is 4.31. The van der Waals surface area contributed by atoms with Crippen LogP contribution in [0.3, 0.4) is 0 Å². The number of benzene rings is 1. The Labute approximate surface area is 94.4 Å². The number of hydrogen-bond acceptors (Lipinski definition) is 2. The molecule has 0 fully saturated rings. The highest BCUT2D eigenvalue weighted by Gasteiger charge is 2.01. The molecule has 1 aromatic heterocycles. The first kappa shape index (κ1) is 10.6. The maximum Gasteiger partial charge on any atom is 0.253 e. The zero-order chi connectivity index (χ0) is 11.5. The molecule has 0 spiro atoms. The second-order valence-corrected chi connectivity index (χ2v) is 3.76. The van der Waals surface area contributed by atoms with Gasteiger partial charge < -0.3 is 0 Å². The predicted octanol–water partition coefficient (Wildman–Crippen LogP) is 2.24. The summed E-state index contributed by atoms with van der Waals surface area (Å²) in [5, 5.41) is 0. The fraction of sp³-hybridized carbons (Fsp3) is 0.231. The van der Waals surface area contributed by atoms with Gasteiger partial charge in [-0.2, -0.15) is 0 Å². The Hall–Kier alpha value is -1.90. The van der Waals surface area contributed by atoms with Crippen LogP contribution in [0.1, 0.15) is 12.5 Å². The maximum absolute atomic E-state index is 11.6.